The summed E-state index contributed by atoms with van der Waals surface area (Å²) in [6.45, 7) is -0.303. The molecule has 0 aliphatic carbocycles. The van der Waals surface area contributed by atoms with E-state index < -0.39 is 29.5 Å². The van der Waals surface area contributed by atoms with Gasteiger partial charge in [0.25, 0.3) is 5.56 Å². The second-order valence-corrected chi connectivity index (χ2v) is 7.87. The molecule has 0 aliphatic heterocycles. The lowest BCUT2D eigenvalue weighted by Gasteiger charge is -2.12. The molecule has 0 spiro atoms. The first-order valence-electron chi connectivity index (χ1n) is 10.8. The molecule has 2 heterocycles. The van der Waals surface area contributed by atoms with Crippen molar-refractivity contribution in [2.75, 3.05) is 5.32 Å². The topological polar surface area (TPSA) is 86.2 Å². The van der Waals surface area contributed by atoms with Crippen LogP contribution in [0.3, 0.4) is 0 Å². The summed E-state index contributed by atoms with van der Waals surface area (Å²) in [6.07, 6.45) is 0.448. The van der Waals surface area contributed by atoms with Crippen LogP contribution in [0, 0.1) is 5.82 Å². The van der Waals surface area contributed by atoms with Crippen molar-refractivity contribution in [3.05, 3.63) is 111 Å². The van der Waals surface area contributed by atoms with Gasteiger partial charge in [-0.1, -0.05) is 54.6 Å². The van der Waals surface area contributed by atoms with Gasteiger partial charge in [-0.05, 0) is 36.2 Å². The molecule has 0 saturated carbocycles. The molecule has 0 saturated heterocycles. The fourth-order valence-corrected chi connectivity index (χ4v) is 4.02. The number of aryl methyl sites for hydroxylation is 1. The number of furan rings is 1. The van der Waals surface area contributed by atoms with Crippen LogP contribution in [0.25, 0.3) is 22.1 Å². The van der Waals surface area contributed by atoms with Crippen LogP contribution >= 0.6 is 0 Å². The highest BCUT2D eigenvalue weighted by Crippen LogP contribution is 2.25. The van der Waals surface area contributed by atoms with E-state index in [0.29, 0.717) is 17.4 Å². The van der Waals surface area contributed by atoms with Crippen LogP contribution in [0.5, 0.6) is 0 Å². The summed E-state index contributed by atoms with van der Waals surface area (Å²) in [5.41, 5.74) is 0.436. The third kappa shape index (κ3) is 3.90. The minimum Gasteiger partial charge on any atom is -0.449 e. The maximum atomic E-state index is 14.0. The quantitative estimate of drug-likeness (QED) is 0.419. The number of para-hydroxylation sites is 2. The van der Waals surface area contributed by atoms with Gasteiger partial charge in [-0.3, -0.25) is 18.7 Å². The molecule has 34 heavy (non-hydrogen) atoms. The molecule has 0 radical (unpaired) electrons. The summed E-state index contributed by atoms with van der Waals surface area (Å²) >= 11 is 0. The Morgan fingerprint density at radius 2 is 1.59 bits per heavy atom. The summed E-state index contributed by atoms with van der Waals surface area (Å²) in [5, 5.41) is 3.03. The normalized spacial score (nSPS) is 11.2. The van der Waals surface area contributed by atoms with Crippen LogP contribution in [0.1, 0.15) is 5.56 Å². The first-order valence-corrected chi connectivity index (χ1v) is 10.8. The van der Waals surface area contributed by atoms with Gasteiger partial charge in [0, 0.05) is 11.9 Å². The van der Waals surface area contributed by atoms with Crippen molar-refractivity contribution in [3.63, 3.8) is 0 Å². The monoisotopic (exact) mass is 457 g/mol. The number of nitrogens with zero attached hydrogens (tertiary/aromatic N) is 2. The lowest BCUT2D eigenvalue weighted by atomic mass is 10.1. The Labute approximate surface area is 192 Å². The number of carbonyl (C=O) groups is 1. The molecule has 8 heteroatoms. The molecule has 5 aromatic rings. The number of fused-ring (bicyclic) bond motifs is 3. The molecule has 0 atom stereocenters. The van der Waals surface area contributed by atoms with E-state index in [1.165, 1.54) is 22.8 Å². The molecule has 5 rings (SSSR count). The number of hydrogen-bond acceptors (Lipinski definition) is 4. The highest BCUT2D eigenvalue weighted by atomic mass is 19.1. The Morgan fingerprint density at radius 3 is 2.38 bits per heavy atom. The number of halogens is 1. The number of hydrogen-bond donors (Lipinski definition) is 1. The molecular formula is C26H20FN3O4. The predicted molar refractivity (Wildman–Crippen MR) is 127 cm³/mol. The molecule has 1 amide bonds. The van der Waals surface area contributed by atoms with Crippen LogP contribution < -0.4 is 16.6 Å². The molecule has 2 aromatic heterocycles. The largest absolute Gasteiger partial charge is 0.449 e. The van der Waals surface area contributed by atoms with E-state index in [1.807, 2.05) is 30.3 Å². The number of aromatic nitrogens is 2. The minimum absolute atomic E-state index is 0.00578. The summed E-state index contributed by atoms with van der Waals surface area (Å²) in [4.78, 5) is 39.5. The predicted octanol–water partition coefficient (Wildman–Crippen LogP) is 3.93. The highest BCUT2D eigenvalue weighted by molar-refractivity contribution is 6.03. The summed E-state index contributed by atoms with van der Waals surface area (Å²) < 4.78 is 22.1. The van der Waals surface area contributed by atoms with Gasteiger partial charge in [0.15, 0.2) is 0 Å². The Kier molecular flexibility index (Phi) is 5.55. The average Bonchev–Trinajstić information content (AvgIpc) is 3.24. The van der Waals surface area contributed by atoms with Crippen LogP contribution in [-0.4, -0.2) is 15.0 Å². The summed E-state index contributed by atoms with van der Waals surface area (Å²) in [6, 6.07) is 22.2. The third-order valence-electron chi connectivity index (χ3n) is 5.66. The van der Waals surface area contributed by atoms with Crippen molar-refractivity contribution >= 4 is 33.7 Å². The van der Waals surface area contributed by atoms with Crippen LogP contribution in [0.4, 0.5) is 10.1 Å². The third-order valence-corrected chi connectivity index (χ3v) is 5.66. The zero-order valence-electron chi connectivity index (χ0n) is 18.0. The van der Waals surface area contributed by atoms with Gasteiger partial charge in [-0.25, -0.2) is 9.18 Å². The lowest BCUT2D eigenvalue weighted by Crippen LogP contribution is -2.41. The molecule has 3 aromatic carbocycles. The first kappa shape index (κ1) is 21.4. The first-order chi connectivity index (χ1) is 16.5. The average molecular weight is 457 g/mol. The van der Waals surface area contributed by atoms with Crippen molar-refractivity contribution < 1.29 is 13.6 Å². The lowest BCUT2D eigenvalue weighted by molar-refractivity contribution is -0.116. The SMILES string of the molecule is O=C(Cn1c(=O)n(CCc2ccccc2)c(=O)c2oc3ccccc3c21)Nc1ccccc1F. The van der Waals surface area contributed by atoms with Crippen molar-refractivity contribution in [3.8, 4) is 0 Å². The number of benzene rings is 3. The fraction of sp³-hybridized carbons (Fsp3) is 0.115. The van der Waals surface area contributed by atoms with Gasteiger partial charge in [0.05, 0.1) is 5.69 Å². The molecule has 7 nitrogen and oxygen atoms in total. The zero-order valence-corrected chi connectivity index (χ0v) is 18.0. The Hall–Kier alpha value is -4.46. The van der Waals surface area contributed by atoms with Crippen molar-refractivity contribution in [1.82, 2.24) is 9.13 Å². The number of carbonyl (C=O) groups excluding carboxylic acids is 1. The van der Waals surface area contributed by atoms with Crippen LogP contribution in [-0.2, 0) is 24.3 Å². The number of amides is 1. The summed E-state index contributed by atoms with van der Waals surface area (Å²) in [7, 11) is 0. The molecule has 0 fully saturated rings. The number of anilines is 1. The summed E-state index contributed by atoms with van der Waals surface area (Å²) in [5.74, 6) is -1.19. The van der Waals surface area contributed by atoms with Crippen molar-refractivity contribution in [2.24, 2.45) is 0 Å². The van der Waals surface area contributed by atoms with Gasteiger partial charge < -0.3 is 9.73 Å². The highest BCUT2D eigenvalue weighted by Gasteiger charge is 2.21. The molecule has 0 unspecified atom stereocenters. The maximum Gasteiger partial charge on any atom is 0.332 e. The van der Waals surface area contributed by atoms with Gasteiger partial charge in [-0.2, -0.15) is 0 Å². The Bertz CT molecular complexity index is 1630. The maximum absolute atomic E-state index is 14.0. The van der Waals surface area contributed by atoms with Crippen LogP contribution in [0.15, 0.2) is 92.9 Å². The smallest absolute Gasteiger partial charge is 0.332 e. The van der Waals surface area contributed by atoms with Gasteiger partial charge >= 0.3 is 5.69 Å². The molecule has 0 aliphatic rings. The van der Waals surface area contributed by atoms with Gasteiger partial charge in [0.2, 0.25) is 11.5 Å². The fourth-order valence-electron chi connectivity index (χ4n) is 4.02. The van der Waals surface area contributed by atoms with E-state index in [1.54, 1.807) is 30.3 Å². The van der Waals surface area contributed by atoms with E-state index in [0.717, 1.165) is 10.1 Å². The minimum atomic E-state index is -0.635. The zero-order chi connectivity index (χ0) is 23.7. The molecule has 0 bridgehead atoms. The van der Waals surface area contributed by atoms with E-state index in [2.05, 4.69) is 5.32 Å². The van der Waals surface area contributed by atoms with Crippen molar-refractivity contribution in [2.45, 2.75) is 19.5 Å². The second kappa shape index (κ2) is 8.82. The van der Waals surface area contributed by atoms with Gasteiger partial charge in [-0.15, -0.1) is 0 Å². The molecule has 1 N–H and O–H groups in total. The van der Waals surface area contributed by atoms with Gasteiger partial charge in [0.1, 0.15) is 23.5 Å². The van der Waals surface area contributed by atoms with E-state index >= 15 is 0 Å². The van der Waals surface area contributed by atoms with Crippen molar-refractivity contribution in [1.29, 1.82) is 0 Å². The van der Waals surface area contributed by atoms with E-state index in [4.69, 9.17) is 4.42 Å². The molecule has 170 valence electrons. The van der Waals surface area contributed by atoms with Crippen LogP contribution in [0.2, 0.25) is 0 Å². The molecular weight excluding hydrogens is 437 g/mol. The number of rotatable bonds is 6. The standard InChI is InChI=1S/C26H20FN3O4/c27-19-11-5-6-12-20(19)28-22(31)16-30-23-18-10-4-7-13-21(18)34-24(23)25(32)29(26(30)33)15-14-17-8-2-1-3-9-17/h1-13H,14-16H2,(H,28,31). The Morgan fingerprint density at radius 1 is 0.882 bits per heavy atom. The number of nitrogens with one attached hydrogen (secondary N) is 1. The van der Waals surface area contributed by atoms with E-state index in [-0.39, 0.29) is 23.3 Å². The Balaban J connectivity index is 1.61. The second-order valence-electron chi connectivity index (χ2n) is 7.87. The van der Waals surface area contributed by atoms with E-state index in [9.17, 15) is 18.8 Å².